The van der Waals surface area contributed by atoms with Gasteiger partial charge in [-0.05, 0) is 31.3 Å². The predicted molar refractivity (Wildman–Crippen MR) is 90.9 cm³/mol. The highest BCUT2D eigenvalue weighted by atomic mass is 32.2. The summed E-state index contributed by atoms with van der Waals surface area (Å²) in [6.45, 7) is 5.33. The van der Waals surface area contributed by atoms with Crippen molar-refractivity contribution in [2.24, 2.45) is 0 Å². The molecule has 2 aromatic rings. The summed E-state index contributed by atoms with van der Waals surface area (Å²) >= 11 is 1.61. The molecule has 0 amide bonds. The van der Waals surface area contributed by atoms with E-state index in [4.69, 9.17) is 4.42 Å². The van der Waals surface area contributed by atoms with Crippen LogP contribution in [0.3, 0.4) is 0 Å². The van der Waals surface area contributed by atoms with Gasteiger partial charge in [-0.3, -0.25) is 4.90 Å². The molecule has 0 N–H and O–H groups in total. The molecule has 0 unspecified atom stereocenters. The molecule has 0 aromatic carbocycles. The van der Waals surface area contributed by atoms with Gasteiger partial charge in [-0.1, -0.05) is 6.07 Å². The van der Waals surface area contributed by atoms with Gasteiger partial charge in [0.25, 0.3) is 0 Å². The third-order valence-corrected chi connectivity index (χ3v) is 6.18. The van der Waals surface area contributed by atoms with Crippen LogP contribution in [-0.2, 0) is 16.6 Å². The molecule has 0 aliphatic carbocycles. The molecule has 0 radical (unpaired) electrons. The molecule has 0 saturated carbocycles. The van der Waals surface area contributed by atoms with E-state index in [1.807, 2.05) is 24.4 Å². The lowest BCUT2D eigenvalue weighted by Crippen LogP contribution is -2.34. The number of aryl methyl sites for hydroxylation is 1. The molecule has 1 aliphatic rings. The third kappa shape index (κ3) is 4.00. The van der Waals surface area contributed by atoms with Gasteiger partial charge in [-0.15, -0.1) is 11.3 Å². The van der Waals surface area contributed by atoms with Crippen molar-refractivity contribution in [2.75, 3.05) is 32.4 Å². The zero-order chi connectivity index (χ0) is 16.4. The number of sulfonamides is 1. The maximum absolute atomic E-state index is 11.7. The first-order chi connectivity index (χ1) is 10.9. The Morgan fingerprint density at radius 1 is 1.30 bits per heavy atom. The molecule has 126 valence electrons. The summed E-state index contributed by atoms with van der Waals surface area (Å²) in [5.74, 6) is 1.50. The molecule has 0 atom stereocenters. The van der Waals surface area contributed by atoms with Gasteiger partial charge in [0.05, 0.1) is 16.8 Å². The molecule has 1 aliphatic heterocycles. The average molecular weight is 355 g/mol. The summed E-state index contributed by atoms with van der Waals surface area (Å²) < 4.78 is 30.7. The van der Waals surface area contributed by atoms with Crippen molar-refractivity contribution in [3.63, 3.8) is 0 Å². The molecule has 3 rings (SSSR count). The van der Waals surface area contributed by atoms with E-state index in [0.717, 1.165) is 29.3 Å². The van der Waals surface area contributed by atoms with E-state index in [-0.39, 0.29) is 0 Å². The highest BCUT2D eigenvalue weighted by molar-refractivity contribution is 7.88. The molecular formula is C15H21N3O3S2. The fourth-order valence-corrected chi connectivity index (χ4v) is 4.25. The predicted octanol–water partition coefficient (Wildman–Crippen LogP) is 2.18. The van der Waals surface area contributed by atoms with E-state index in [1.54, 1.807) is 15.6 Å². The van der Waals surface area contributed by atoms with Crippen molar-refractivity contribution in [2.45, 2.75) is 19.9 Å². The first-order valence-electron chi connectivity index (χ1n) is 7.61. The minimum atomic E-state index is -3.11. The molecule has 3 heterocycles. The summed E-state index contributed by atoms with van der Waals surface area (Å²) in [5, 5.41) is 2.00. The monoisotopic (exact) mass is 355 g/mol. The lowest BCUT2D eigenvalue weighted by atomic mass is 10.3. The van der Waals surface area contributed by atoms with Crippen LogP contribution in [0, 0.1) is 6.92 Å². The molecule has 0 bridgehead atoms. The smallest absolute Gasteiger partial charge is 0.236 e. The Morgan fingerprint density at radius 2 is 2.13 bits per heavy atom. The van der Waals surface area contributed by atoms with Crippen molar-refractivity contribution < 1.29 is 12.8 Å². The van der Waals surface area contributed by atoms with Crippen LogP contribution in [0.25, 0.3) is 10.8 Å². The van der Waals surface area contributed by atoms with E-state index >= 15 is 0 Å². The van der Waals surface area contributed by atoms with E-state index in [1.165, 1.54) is 6.26 Å². The largest absolute Gasteiger partial charge is 0.440 e. The maximum atomic E-state index is 11.7. The van der Waals surface area contributed by atoms with Gasteiger partial charge in [0.1, 0.15) is 5.76 Å². The van der Waals surface area contributed by atoms with Crippen molar-refractivity contribution in [3.8, 4) is 10.8 Å². The molecule has 0 spiro atoms. The van der Waals surface area contributed by atoms with Crippen LogP contribution in [0.15, 0.2) is 21.9 Å². The summed E-state index contributed by atoms with van der Waals surface area (Å²) in [6.07, 6.45) is 2.11. The first kappa shape index (κ1) is 16.6. The van der Waals surface area contributed by atoms with E-state index in [0.29, 0.717) is 32.1 Å². The van der Waals surface area contributed by atoms with Crippen molar-refractivity contribution in [1.82, 2.24) is 14.2 Å². The van der Waals surface area contributed by atoms with Gasteiger partial charge in [-0.2, -0.15) is 0 Å². The number of thiophene rings is 1. The Morgan fingerprint density at radius 3 is 2.83 bits per heavy atom. The highest BCUT2D eigenvalue weighted by Gasteiger charge is 2.22. The second kappa shape index (κ2) is 6.72. The number of oxazole rings is 1. The van der Waals surface area contributed by atoms with Gasteiger partial charge >= 0.3 is 0 Å². The fraction of sp³-hybridized carbons (Fsp3) is 0.533. The van der Waals surface area contributed by atoms with Crippen molar-refractivity contribution in [1.29, 1.82) is 0 Å². The Bertz CT molecular complexity index is 753. The zero-order valence-electron chi connectivity index (χ0n) is 13.4. The minimum Gasteiger partial charge on any atom is -0.440 e. The van der Waals surface area contributed by atoms with Crippen LogP contribution in [0.2, 0.25) is 0 Å². The number of hydrogen-bond acceptors (Lipinski definition) is 6. The summed E-state index contributed by atoms with van der Waals surface area (Å²) in [6, 6.07) is 3.98. The van der Waals surface area contributed by atoms with Crippen LogP contribution in [0.4, 0.5) is 0 Å². The fourth-order valence-electron chi connectivity index (χ4n) is 2.73. The van der Waals surface area contributed by atoms with Gasteiger partial charge in [0.15, 0.2) is 0 Å². The van der Waals surface area contributed by atoms with Gasteiger partial charge < -0.3 is 4.42 Å². The number of nitrogens with zero attached hydrogens (tertiary/aromatic N) is 3. The molecule has 23 heavy (non-hydrogen) atoms. The molecule has 1 fully saturated rings. The van der Waals surface area contributed by atoms with Crippen molar-refractivity contribution >= 4 is 21.4 Å². The normalized spacial score (nSPS) is 18.2. The van der Waals surface area contributed by atoms with Crippen LogP contribution >= 0.6 is 11.3 Å². The van der Waals surface area contributed by atoms with Gasteiger partial charge in [0.2, 0.25) is 15.9 Å². The number of rotatable bonds is 4. The highest BCUT2D eigenvalue weighted by Crippen LogP contribution is 2.26. The average Bonchev–Trinajstić information content (AvgIpc) is 3.04. The second-order valence-electron chi connectivity index (χ2n) is 5.79. The Hall–Kier alpha value is -1.22. The zero-order valence-corrected chi connectivity index (χ0v) is 15.0. The topological polar surface area (TPSA) is 66.7 Å². The summed E-state index contributed by atoms with van der Waals surface area (Å²) in [5.41, 5.74) is 0.932. The lowest BCUT2D eigenvalue weighted by molar-refractivity contribution is 0.274. The first-order valence-corrected chi connectivity index (χ1v) is 10.3. The second-order valence-corrected chi connectivity index (χ2v) is 8.72. The molecule has 2 aromatic heterocycles. The summed E-state index contributed by atoms with van der Waals surface area (Å²) in [7, 11) is -3.11. The third-order valence-electron chi connectivity index (χ3n) is 4.01. The number of aromatic nitrogens is 1. The maximum Gasteiger partial charge on any atom is 0.236 e. The Kier molecular flexibility index (Phi) is 4.86. The van der Waals surface area contributed by atoms with Gasteiger partial charge in [-0.25, -0.2) is 17.7 Å². The van der Waals surface area contributed by atoms with E-state index in [9.17, 15) is 8.42 Å². The Balaban J connectivity index is 1.68. The van der Waals surface area contributed by atoms with Crippen molar-refractivity contribution in [3.05, 3.63) is 29.0 Å². The molecule has 8 heteroatoms. The van der Waals surface area contributed by atoms with Crippen LogP contribution in [0.1, 0.15) is 17.9 Å². The quantitative estimate of drug-likeness (QED) is 0.841. The summed E-state index contributed by atoms with van der Waals surface area (Å²) in [4.78, 5) is 7.89. The molecule has 6 nitrogen and oxygen atoms in total. The molecule has 1 saturated heterocycles. The van der Waals surface area contributed by atoms with E-state index < -0.39 is 10.0 Å². The lowest BCUT2D eigenvalue weighted by Gasteiger charge is -2.19. The van der Waals surface area contributed by atoms with Crippen LogP contribution < -0.4 is 0 Å². The van der Waals surface area contributed by atoms with E-state index in [2.05, 4.69) is 9.88 Å². The molecular weight excluding hydrogens is 334 g/mol. The van der Waals surface area contributed by atoms with Crippen LogP contribution in [-0.4, -0.2) is 55.0 Å². The van der Waals surface area contributed by atoms with Crippen LogP contribution in [0.5, 0.6) is 0 Å². The SMILES string of the molecule is Cc1oc(-c2cccs2)nc1CN1CCCN(S(C)(=O)=O)CC1. The number of hydrogen-bond donors (Lipinski definition) is 0. The minimum absolute atomic E-state index is 0.535. The van der Waals surface area contributed by atoms with Gasteiger partial charge in [0, 0.05) is 26.2 Å². The Labute approximate surface area is 140 Å². The standard InChI is InChI=1S/C15H21N3O3S2/c1-12-13(16-15(21-12)14-5-3-10-22-14)11-17-6-4-7-18(9-8-17)23(2,19)20/h3,5,10H,4,6-9,11H2,1-2H3.